The van der Waals surface area contributed by atoms with E-state index in [2.05, 4.69) is 9.97 Å². The Morgan fingerprint density at radius 1 is 0.968 bits per heavy atom. The summed E-state index contributed by atoms with van der Waals surface area (Å²) in [5.74, 6) is 1.07. The van der Waals surface area contributed by atoms with Crippen LogP contribution in [0.3, 0.4) is 0 Å². The van der Waals surface area contributed by atoms with Gasteiger partial charge in [-0.2, -0.15) is 0 Å². The zero-order chi connectivity index (χ0) is 21.8. The maximum Gasteiger partial charge on any atom is 0.258 e. The van der Waals surface area contributed by atoms with Crippen LogP contribution >= 0.6 is 0 Å². The number of hydrogen-bond donors (Lipinski definition) is 1. The highest BCUT2D eigenvalue weighted by molar-refractivity contribution is 5.95. The highest BCUT2D eigenvalue weighted by atomic mass is 16.5. The molecule has 0 bridgehead atoms. The molecule has 4 aromatic rings. The fraction of sp³-hybridized carbons (Fsp3) is 0.160. The summed E-state index contributed by atoms with van der Waals surface area (Å²) < 4.78 is 5.23. The van der Waals surface area contributed by atoms with Crippen LogP contribution < -0.4 is 10.3 Å². The van der Waals surface area contributed by atoms with E-state index < -0.39 is 0 Å². The maximum atomic E-state index is 13.4. The molecule has 31 heavy (non-hydrogen) atoms. The molecule has 4 rings (SSSR count). The number of carbonyl (C=O) groups is 1. The molecule has 0 atom stereocenters. The number of ether oxygens (including phenoxy) is 1. The molecule has 1 amide bonds. The molecule has 156 valence electrons. The van der Waals surface area contributed by atoms with E-state index in [-0.39, 0.29) is 18.0 Å². The fourth-order valence-electron chi connectivity index (χ4n) is 3.52. The number of aromatic nitrogens is 2. The van der Waals surface area contributed by atoms with E-state index in [4.69, 9.17) is 4.74 Å². The summed E-state index contributed by atoms with van der Waals surface area (Å²) in [7, 11) is 1.62. The second-order valence-corrected chi connectivity index (χ2v) is 7.35. The van der Waals surface area contributed by atoms with Crippen LogP contribution in [-0.2, 0) is 13.1 Å². The smallest absolute Gasteiger partial charge is 0.258 e. The Hall–Kier alpha value is -3.93. The average Bonchev–Trinajstić information content (AvgIpc) is 2.79. The van der Waals surface area contributed by atoms with Crippen LogP contribution in [0, 0.1) is 6.92 Å². The third-order valence-corrected chi connectivity index (χ3v) is 5.20. The predicted molar refractivity (Wildman–Crippen MR) is 120 cm³/mol. The minimum atomic E-state index is -0.215. The van der Waals surface area contributed by atoms with Crippen molar-refractivity contribution >= 4 is 16.8 Å². The van der Waals surface area contributed by atoms with Crippen LogP contribution in [0.1, 0.15) is 27.3 Å². The van der Waals surface area contributed by atoms with Crippen molar-refractivity contribution in [3.8, 4) is 5.75 Å². The number of rotatable bonds is 6. The van der Waals surface area contributed by atoms with Gasteiger partial charge in [0.1, 0.15) is 11.6 Å². The first-order chi connectivity index (χ1) is 15.0. The molecule has 6 heteroatoms. The Balaban J connectivity index is 1.70. The standard InChI is InChI=1S/C25H23N3O3/c1-17-7-3-4-8-20(17)25(30)28(15-18-11-13-19(31-2)14-12-18)16-23-26-22-10-6-5-9-21(22)24(29)27-23/h3-14H,15-16H2,1-2H3,(H,26,27,29). The molecule has 0 saturated heterocycles. The molecule has 1 heterocycles. The second kappa shape index (κ2) is 8.83. The number of aryl methyl sites for hydroxylation is 1. The summed E-state index contributed by atoms with van der Waals surface area (Å²) >= 11 is 0. The van der Waals surface area contributed by atoms with Gasteiger partial charge in [0, 0.05) is 12.1 Å². The number of fused-ring (bicyclic) bond motifs is 1. The van der Waals surface area contributed by atoms with Crippen LogP contribution in [-0.4, -0.2) is 27.9 Å². The molecule has 0 unspecified atom stereocenters. The topological polar surface area (TPSA) is 75.3 Å². The molecule has 0 aliphatic rings. The molecule has 0 fully saturated rings. The molecule has 0 aliphatic heterocycles. The second-order valence-electron chi connectivity index (χ2n) is 7.35. The number of nitrogens with one attached hydrogen (secondary N) is 1. The predicted octanol–water partition coefficient (Wildman–Crippen LogP) is 4.08. The highest BCUT2D eigenvalue weighted by Crippen LogP contribution is 2.18. The monoisotopic (exact) mass is 413 g/mol. The van der Waals surface area contributed by atoms with Crippen molar-refractivity contribution < 1.29 is 9.53 Å². The van der Waals surface area contributed by atoms with Gasteiger partial charge in [-0.05, 0) is 48.4 Å². The van der Waals surface area contributed by atoms with Gasteiger partial charge < -0.3 is 14.6 Å². The molecule has 0 saturated carbocycles. The van der Waals surface area contributed by atoms with Crippen LogP contribution in [0.25, 0.3) is 10.9 Å². The van der Waals surface area contributed by atoms with Crippen molar-refractivity contribution in [1.82, 2.24) is 14.9 Å². The molecule has 1 aromatic heterocycles. The fourth-order valence-corrected chi connectivity index (χ4v) is 3.52. The van der Waals surface area contributed by atoms with E-state index >= 15 is 0 Å². The summed E-state index contributed by atoms with van der Waals surface area (Å²) in [6, 6.07) is 22.2. The summed E-state index contributed by atoms with van der Waals surface area (Å²) in [6.07, 6.45) is 0. The zero-order valence-electron chi connectivity index (χ0n) is 17.5. The van der Waals surface area contributed by atoms with Gasteiger partial charge in [0.2, 0.25) is 0 Å². The Morgan fingerprint density at radius 3 is 2.42 bits per heavy atom. The van der Waals surface area contributed by atoms with E-state index in [0.717, 1.165) is 16.9 Å². The van der Waals surface area contributed by atoms with Crippen molar-refractivity contribution in [3.63, 3.8) is 0 Å². The Labute approximate surface area is 180 Å². The van der Waals surface area contributed by atoms with Gasteiger partial charge in [-0.25, -0.2) is 4.98 Å². The number of H-pyrrole nitrogens is 1. The van der Waals surface area contributed by atoms with Gasteiger partial charge in [0.15, 0.2) is 0 Å². The lowest BCUT2D eigenvalue weighted by Crippen LogP contribution is -2.32. The van der Waals surface area contributed by atoms with E-state index in [9.17, 15) is 9.59 Å². The molecule has 0 spiro atoms. The van der Waals surface area contributed by atoms with Gasteiger partial charge in [-0.1, -0.05) is 42.5 Å². The van der Waals surface area contributed by atoms with Crippen LogP contribution in [0.4, 0.5) is 0 Å². The maximum absolute atomic E-state index is 13.4. The van der Waals surface area contributed by atoms with Gasteiger partial charge >= 0.3 is 0 Å². The van der Waals surface area contributed by atoms with E-state index in [1.807, 2.05) is 61.5 Å². The van der Waals surface area contributed by atoms with Crippen molar-refractivity contribution in [1.29, 1.82) is 0 Å². The summed E-state index contributed by atoms with van der Waals surface area (Å²) in [4.78, 5) is 35.0. The van der Waals surface area contributed by atoms with Crippen molar-refractivity contribution in [2.75, 3.05) is 7.11 Å². The van der Waals surface area contributed by atoms with Crippen LogP contribution in [0.5, 0.6) is 5.75 Å². The third kappa shape index (κ3) is 4.48. The highest BCUT2D eigenvalue weighted by Gasteiger charge is 2.20. The number of amides is 1. The minimum absolute atomic E-state index is 0.121. The number of aromatic amines is 1. The molecule has 0 aliphatic carbocycles. The number of para-hydroxylation sites is 1. The first kappa shape index (κ1) is 20.3. The number of methoxy groups -OCH3 is 1. The number of hydrogen-bond acceptors (Lipinski definition) is 4. The summed E-state index contributed by atoms with van der Waals surface area (Å²) in [5.41, 5.74) is 2.86. The number of nitrogens with zero attached hydrogens (tertiary/aromatic N) is 2. The summed E-state index contributed by atoms with van der Waals surface area (Å²) in [5, 5.41) is 0.526. The lowest BCUT2D eigenvalue weighted by atomic mass is 10.1. The van der Waals surface area contributed by atoms with Gasteiger partial charge in [0.25, 0.3) is 11.5 Å². The first-order valence-electron chi connectivity index (χ1n) is 10.0. The Morgan fingerprint density at radius 2 is 1.68 bits per heavy atom. The van der Waals surface area contributed by atoms with Crippen molar-refractivity contribution in [2.45, 2.75) is 20.0 Å². The SMILES string of the molecule is COc1ccc(CN(Cc2nc3ccccc3c(=O)[nH]2)C(=O)c2ccccc2C)cc1. The van der Waals surface area contributed by atoms with Gasteiger partial charge in [0.05, 0.1) is 24.6 Å². The average molecular weight is 413 g/mol. The number of carbonyl (C=O) groups excluding carboxylic acids is 1. The Kier molecular flexibility index (Phi) is 5.80. The molecular weight excluding hydrogens is 390 g/mol. The van der Waals surface area contributed by atoms with E-state index in [1.165, 1.54) is 0 Å². The largest absolute Gasteiger partial charge is 0.497 e. The van der Waals surface area contributed by atoms with Gasteiger partial charge in [-0.15, -0.1) is 0 Å². The Bertz CT molecular complexity index is 1280. The molecular formula is C25H23N3O3. The van der Waals surface area contributed by atoms with Crippen molar-refractivity contribution in [2.24, 2.45) is 0 Å². The van der Waals surface area contributed by atoms with Crippen LogP contribution in [0.2, 0.25) is 0 Å². The van der Waals surface area contributed by atoms with E-state index in [0.29, 0.717) is 28.8 Å². The summed E-state index contributed by atoms with van der Waals surface area (Å²) in [6.45, 7) is 2.46. The van der Waals surface area contributed by atoms with Crippen molar-refractivity contribution in [3.05, 3.63) is 106 Å². The van der Waals surface area contributed by atoms with E-state index in [1.54, 1.807) is 30.2 Å². The lowest BCUT2D eigenvalue weighted by molar-refractivity contribution is 0.0724. The van der Waals surface area contributed by atoms with Gasteiger partial charge in [-0.3, -0.25) is 9.59 Å². The lowest BCUT2D eigenvalue weighted by Gasteiger charge is -2.23. The molecule has 0 radical (unpaired) electrons. The quantitative estimate of drug-likeness (QED) is 0.517. The zero-order valence-corrected chi connectivity index (χ0v) is 17.5. The molecule has 1 N–H and O–H groups in total. The molecule has 3 aromatic carbocycles. The minimum Gasteiger partial charge on any atom is -0.497 e. The molecule has 6 nitrogen and oxygen atoms in total. The normalized spacial score (nSPS) is 10.8. The van der Waals surface area contributed by atoms with Crippen LogP contribution in [0.15, 0.2) is 77.6 Å². The number of benzene rings is 3. The first-order valence-corrected chi connectivity index (χ1v) is 10.0. The third-order valence-electron chi connectivity index (χ3n) is 5.20.